The van der Waals surface area contributed by atoms with E-state index in [9.17, 15) is 17.6 Å². The highest BCUT2D eigenvalue weighted by atomic mass is 32.2. The van der Waals surface area contributed by atoms with Gasteiger partial charge in [0, 0.05) is 12.0 Å². The monoisotopic (exact) mass is 313 g/mol. The van der Waals surface area contributed by atoms with Gasteiger partial charge in [0.1, 0.15) is 24.0 Å². The van der Waals surface area contributed by atoms with Gasteiger partial charge in [0.15, 0.2) is 0 Å². The average Bonchev–Trinajstić information content (AvgIpc) is 2.75. The lowest BCUT2D eigenvalue weighted by atomic mass is 10.1. The average molecular weight is 313 g/mol. The van der Waals surface area contributed by atoms with Crippen LogP contribution in [0.5, 0.6) is 5.75 Å². The molecule has 21 heavy (non-hydrogen) atoms. The zero-order valence-corrected chi connectivity index (χ0v) is 12.4. The molecule has 0 amide bonds. The molecule has 1 aromatic rings. The maximum Gasteiger partial charge on any atom is 0.211 e. The molecule has 2 aliphatic rings. The number of carbonyl (C=O) groups excluding carboxylic acids is 1. The number of benzene rings is 1. The van der Waals surface area contributed by atoms with Crippen molar-refractivity contribution in [2.24, 2.45) is 5.92 Å². The van der Waals surface area contributed by atoms with Crippen molar-refractivity contribution in [1.82, 2.24) is 4.31 Å². The smallest absolute Gasteiger partial charge is 0.211 e. The van der Waals surface area contributed by atoms with Crippen LogP contribution in [0.15, 0.2) is 12.1 Å². The molecule has 1 unspecified atom stereocenters. The van der Waals surface area contributed by atoms with Gasteiger partial charge in [-0.3, -0.25) is 0 Å². The molecule has 1 aliphatic heterocycles. The first-order chi connectivity index (χ1) is 9.86. The van der Waals surface area contributed by atoms with Crippen molar-refractivity contribution in [2.45, 2.75) is 18.9 Å². The predicted molar refractivity (Wildman–Crippen MR) is 74.2 cm³/mol. The van der Waals surface area contributed by atoms with Crippen LogP contribution in [0.4, 0.5) is 4.39 Å². The molecule has 0 aromatic heterocycles. The van der Waals surface area contributed by atoms with E-state index in [1.165, 1.54) is 10.4 Å². The Morgan fingerprint density at radius 1 is 1.33 bits per heavy atom. The highest BCUT2D eigenvalue weighted by molar-refractivity contribution is 7.88. The summed E-state index contributed by atoms with van der Waals surface area (Å²) >= 11 is 0. The minimum absolute atomic E-state index is 0.158. The van der Waals surface area contributed by atoms with Gasteiger partial charge in [0.25, 0.3) is 0 Å². The number of halogens is 1. The van der Waals surface area contributed by atoms with E-state index in [0.717, 1.165) is 18.1 Å². The topological polar surface area (TPSA) is 63.7 Å². The standard InChI is InChI=1S/C14H16FNO4S/c1-21(18,19)16-6-12(7-16)20-11-4-10-2-9(8-17)3-13(10)14(15)5-11/h4-5,8-9,12H,2-3,6-7H2,1H3. The zero-order chi connectivity index (χ0) is 15.2. The van der Waals surface area contributed by atoms with Gasteiger partial charge in [-0.25, -0.2) is 12.8 Å². The third-order valence-electron chi connectivity index (χ3n) is 3.99. The molecule has 0 radical (unpaired) electrons. The van der Waals surface area contributed by atoms with Crippen molar-refractivity contribution >= 4 is 16.3 Å². The molecule has 7 heteroatoms. The van der Waals surface area contributed by atoms with Crippen molar-refractivity contribution in [3.63, 3.8) is 0 Å². The molecule has 114 valence electrons. The maximum atomic E-state index is 14.0. The first-order valence-corrected chi connectivity index (χ1v) is 8.60. The lowest BCUT2D eigenvalue weighted by Gasteiger charge is -2.37. The lowest BCUT2D eigenvalue weighted by Crippen LogP contribution is -2.55. The van der Waals surface area contributed by atoms with Crippen LogP contribution in [0.2, 0.25) is 0 Å². The van der Waals surface area contributed by atoms with Crippen molar-refractivity contribution in [3.8, 4) is 5.75 Å². The molecule has 1 saturated heterocycles. The first-order valence-electron chi connectivity index (χ1n) is 6.75. The molecule has 0 saturated carbocycles. The number of carbonyl (C=O) groups is 1. The van der Waals surface area contributed by atoms with E-state index in [1.807, 2.05) is 0 Å². The number of ether oxygens (including phenoxy) is 1. The number of hydrogen-bond donors (Lipinski definition) is 0. The molecule has 0 spiro atoms. The fourth-order valence-corrected chi connectivity index (χ4v) is 3.67. The Kier molecular flexibility index (Phi) is 3.49. The zero-order valence-electron chi connectivity index (χ0n) is 11.6. The minimum atomic E-state index is -3.18. The maximum absolute atomic E-state index is 14.0. The molecule has 1 aromatic carbocycles. The second kappa shape index (κ2) is 5.06. The molecular formula is C14H16FNO4S. The molecule has 0 bridgehead atoms. The van der Waals surface area contributed by atoms with E-state index >= 15 is 0 Å². The number of rotatable bonds is 4. The molecule has 1 heterocycles. The van der Waals surface area contributed by atoms with Crippen molar-refractivity contribution in [2.75, 3.05) is 19.3 Å². The molecule has 3 rings (SSSR count). The molecule has 1 atom stereocenters. The highest BCUT2D eigenvalue weighted by Crippen LogP contribution is 2.32. The van der Waals surface area contributed by atoms with E-state index in [0.29, 0.717) is 24.2 Å². The van der Waals surface area contributed by atoms with Crippen LogP contribution in [-0.4, -0.2) is 44.5 Å². The molecule has 1 fully saturated rings. The number of nitrogens with zero attached hydrogens (tertiary/aromatic N) is 1. The molecule has 5 nitrogen and oxygen atoms in total. The molecule has 1 aliphatic carbocycles. The fourth-order valence-electron chi connectivity index (χ4n) is 2.80. The second-order valence-electron chi connectivity index (χ2n) is 5.67. The van der Waals surface area contributed by atoms with Crippen molar-refractivity contribution in [3.05, 3.63) is 29.1 Å². The van der Waals surface area contributed by atoms with Gasteiger partial charge in [-0.2, -0.15) is 4.31 Å². The predicted octanol–water partition coefficient (Wildman–Crippen LogP) is 0.762. The van der Waals surface area contributed by atoms with Crippen LogP contribution in [0, 0.1) is 11.7 Å². The fraction of sp³-hybridized carbons (Fsp3) is 0.500. The number of sulfonamides is 1. The SMILES string of the molecule is CS(=O)(=O)N1CC(Oc2cc(F)c3c(c2)CC(C=O)C3)C1. The Bertz CT molecular complexity index is 682. The van der Waals surface area contributed by atoms with E-state index in [4.69, 9.17) is 4.74 Å². The van der Waals surface area contributed by atoms with Crippen LogP contribution in [0.3, 0.4) is 0 Å². The Labute approximate surface area is 122 Å². The summed E-state index contributed by atoms with van der Waals surface area (Å²) in [5.41, 5.74) is 1.40. The number of fused-ring (bicyclic) bond motifs is 1. The Morgan fingerprint density at radius 3 is 2.67 bits per heavy atom. The summed E-state index contributed by atoms with van der Waals surface area (Å²) in [7, 11) is -3.18. The Balaban J connectivity index is 1.69. The Hall–Kier alpha value is -1.47. The van der Waals surface area contributed by atoms with Gasteiger partial charge in [-0.05, 0) is 30.0 Å². The molecule has 0 N–H and O–H groups in total. The third-order valence-corrected chi connectivity index (χ3v) is 5.22. The van der Waals surface area contributed by atoms with Crippen LogP contribution >= 0.6 is 0 Å². The lowest BCUT2D eigenvalue weighted by molar-refractivity contribution is -0.110. The number of aldehydes is 1. The van der Waals surface area contributed by atoms with E-state index in [-0.39, 0.29) is 30.9 Å². The largest absolute Gasteiger partial charge is 0.488 e. The summed E-state index contributed by atoms with van der Waals surface area (Å²) in [6.07, 6.45) is 2.73. The van der Waals surface area contributed by atoms with Gasteiger partial charge >= 0.3 is 0 Å². The van der Waals surface area contributed by atoms with Crippen LogP contribution in [-0.2, 0) is 27.7 Å². The van der Waals surface area contributed by atoms with Crippen LogP contribution in [0.1, 0.15) is 11.1 Å². The summed E-state index contributed by atoms with van der Waals surface area (Å²) in [6, 6.07) is 3.07. The highest BCUT2D eigenvalue weighted by Gasteiger charge is 2.35. The minimum Gasteiger partial charge on any atom is -0.488 e. The number of hydrogen-bond acceptors (Lipinski definition) is 4. The summed E-state index contributed by atoms with van der Waals surface area (Å²) in [6.45, 7) is 0.572. The van der Waals surface area contributed by atoms with Gasteiger partial charge in [-0.1, -0.05) is 0 Å². The summed E-state index contributed by atoms with van der Waals surface area (Å²) in [5, 5.41) is 0. The normalized spacial score (nSPS) is 22.7. The first kappa shape index (κ1) is 14.5. The van der Waals surface area contributed by atoms with Crippen LogP contribution in [0.25, 0.3) is 0 Å². The van der Waals surface area contributed by atoms with Gasteiger partial charge in [0.2, 0.25) is 10.0 Å². The quantitative estimate of drug-likeness (QED) is 0.770. The van der Waals surface area contributed by atoms with E-state index in [1.54, 1.807) is 6.07 Å². The summed E-state index contributed by atoms with van der Waals surface area (Å²) in [5.74, 6) is -0.115. The molecular weight excluding hydrogens is 297 g/mol. The van der Waals surface area contributed by atoms with Crippen molar-refractivity contribution < 1.29 is 22.3 Å². The summed E-state index contributed by atoms with van der Waals surface area (Å²) in [4.78, 5) is 10.8. The van der Waals surface area contributed by atoms with Crippen molar-refractivity contribution in [1.29, 1.82) is 0 Å². The second-order valence-corrected chi connectivity index (χ2v) is 7.65. The third kappa shape index (κ3) is 2.80. The Morgan fingerprint density at radius 2 is 2.05 bits per heavy atom. The van der Waals surface area contributed by atoms with Gasteiger partial charge < -0.3 is 9.53 Å². The van der Waals surface area contributed by atoms with Gasteiger partial charge in [0.05, 0.1) is 19.3 Å². The van der Waals surface area contributed by atoms with E-state index in [2.05, 4.69) is 0 Å². The summed E-state index contributed by atoms with van der Waals surface area (Å²) < 4.78 is 43.5. The van der Waals surface area contributed by atoms with E-state index < -0.39 is 10.0 Å². The van der Waals surface area contributed by atoms with Gasteiger partial charge in [-0.15, -0.1) is 0 Å². The van der Waals surface area contributed by atoms with Crippen LogP contribution < -0.4 is 4.74 Å².